The topological polar surface area (TPSA) is 68.5 Å². The summed E-state index contributed by atoms with van der Waals surface area (Å²) < 4.78 is 5.22. The molecule has 1 amide bonds. The molecule has 0 atom stereocenters. The first-order valence-electron chi connectivity index (χ1n) is 6.83. The quantitative estimate of drug-likeness (QED) is 0.882. The lowest BCUT2D eigenvalue weighted by molar-refractivity contribution is 0.0982. The first-order valence-corrected chi connectivity index (χ1v) is 6.83. The van der Waals surface area contributed by atoms with Gasteiger partial charge in [0.05, 0.1) is 7.11 Å². The molecule has 0 unspecified atom stereocenters. The molecule has 0 fully saturated rings. The molecule has 0 saturated carbocycles. The second kappa shape index (κ2) is 7.40. The third-order valence-corrected chi connectivity index (χ3v) is 3.08. The number of methoxy groups -OCH3 is 1. The minimum atomic E-state index is -0.141. The van der Waals surface area contributed by atoms with E-state index in [0.717, 1.165) is 12.1 Å². The molecule has 2 rings (SSSR count). The lowest BCUT2D eigenvalue weighted by atomic mass is 10.2. The van der Waals surface area contributed by atoms with Gasteiger partial charge in [0.1, 0.15) is 11.4 Å². The third kappa shape index (κ3) is 3.79. The number of carbonyl (C=O) groups excluding carboxylic acids is 1. The van der Waals surface area contributed by atoms with E-state index in [1.54, 1.807) is 36.4 Å². The van der Waals surface area contributed by atoms with Crippen LogP contribution in [0.3, 0.4) is 0 Å². The summed E-state index contributed by atoms with van der Waals surface area (Å²) in [6.45, 7) is 1.06. The summed E-state index contributed by atoms with van der Waals surface area (Å²) in [4.78, 5) is 18.4. The Morgan fingerprint density at radius 2 is 2.14 bits per heavy atom. The van der Waals surface area contributed by atoms with Crippen molar-refractivity contribution in [2.75, 3.05) is 25.1 Å². The monoisotopic (exact) mass is 285 g/mol. The van der Waals surface area contributed by atoms with Gasteiger partial charge in [0.15, 0.2) is 0 Å². The number of ether oxygens (including phenoxy) is 1. The molecule has 1 aromatic carbocycles. The number of nitrogens with zero attached hydrogens (tertiary/aromatic N) is 2. The van der Waals surface area contributed by atoms with Crippen molar-refractivity contribution >= 4 is 11.6 Å². The van der Waals surface area contributed by atoms with Gasteiger partial charge in [-0.25, -0.2) is 0 Å². The Balaban J connectivity index is 2.31. The molecule has 1 heterocycles. The molecule has 110 valence electrons. The molecule has 2 N–H and O–H groups in total. The molecule has 0 spiro atoms. The molecule has 0 aliphatic carbocycles. The van der Waals surface area contributed by atoms with Gasteiger partial charge >= 0.3 is 0 Å². The lowest BCUT2D eigenvalue weighted by Crippen LogP contribution is -2.33. The average molecular weight is 285 g/mol. The zero-order chi connectivity index (χ0) is 15.1. The summed E-state index contributed by atoms with van der Waals surface area (Å²) in [5.41, 5.74) is 6.76. The predicted molar refractivity (Wildman–Crippen MR) is 82.6 cm³/mol. The maximum absolute atomic E-state index is 12.6. The predicted octanol–water partition coefficient (Wildman–Crippen LogP) is 2.09. The van der Waals surface area contributed by atoms with E-state index in [2.05, 4.69) is 4.98 Å². The summed E-state index contributed by atoms with van der Waals surface area (Å²) in [6, 6.07) is 12.7. The molecule has 0 saturated heterocycles. The molecular formula is C16H19N3O2. The Bertz CT molecular complexity index is 587. The van der Waals surface area contributed by atoms with Crippen molar-refractivity contribution in [3.05, 3.63) is 54.4 Å². The number of hydrogen-bond acceptors (Lipinski definition) is 4. The largest absolute Gasteiger partial charge is 0.497 e. The van der Waals surface area contributed by atoms with E-state index < -0.39 is 0 Å². The van der Waals surface area contributed by atoms with Gasteiger partial charge in [-0.15, -0.1) is 0 Å². The van der Waals surface area contributed by atoms with E-state index in [1.165, 1.54) is 0 Å². The molecule has 1 aromatic heterocycles. The Hall–Kier alpha value is -2.40. The second-order valence-corrected chi connectivity index (χ2v) is 4.52. The maximum atomic E-state index is 12.6. The van der Waals surface area contributed by atoms with Gasteiger partial charge < -0.3 is 15.4 Å². The van der Waals surface area contributed by atoms with Crippen LogP contribution in [-0.2, 0) is 0 Å². The van der Waals surface area contributed by atoms with Crippen molar-refractivity contribution in [2.45, 2.75) is 6.42 Å². The summed E-state index contributed by atoms with van der Waals surface area (Å²) >= 11 is 0. The molecule has 2 aromatic rings. The highest BCUT2D eigenvalue weighted by Crippen LogP contribution is 2.22. The van der Waals surface area contributed by atoms with Crippen LogP contribution in [0.25, 0.3) is 0 Å². The molecular weight excluding hydrogens is 266 g/mol. The number of aromatic nitrogens is 1. The summed E-state index contributed by atoms with van der Waals surface area (Å²) in [5, 5.41) is 0. The van der Waals surface area contributed by atoms with Gasteiger partial charge in [0, 0.05) is 24.5 Å². The van der Waals surface area contributed by atoms with Crippen molar-refractivity contribution in [3.8, 4) is 5.75 Å². The third-order valence-electron chi connectivity index (χ3n) is 3.08. The normalized spacial score (nSPS) is 10.2. The number of nitrogens with two attached hydrogens (primary N) is 1. The zero-order valence-corrected chi connectivity index (χ0v) is 12.0. The van der Waals surface area contributed by atoms with E-state index >= 15 is 0 Å². The minimum Gasteiger partial charge on any atom is -0.497 e. The number of pyridine rings is 1. The van der Waals surface area contributed by atoms with Gasteiger partial charge in [-0.05, 0) is 37.2 Å². The molecule has 0 aliphatic rings. The number of anilines is 1. The number of carbonyl (C=O) groups is 1. The fraction of sp³-hybridized carbons (Fsp3) is 0.250. The van der Waals surface area contributed by atoms with Crippen LogP contribution in [0.2, 0.25) is 0 Å². The Morgan fingerprint density at radius 3 is 2.81 bits per heavy atom. The molecule has 0 aliphatic heterocycles. The average Bonchev–Trinajstić information content (AvgIpc) is 2.56. The summed E-state index contributed by atoms with van der Waals surface area (Å²) in [7, 11) is 1.60. The van der Waals surface area contributed by atoms with E-state index in [4.69, 9.17) is 10.5 Å². The number of benzene rings is 1. The minimum absolute atomic E-state index is 0.141. The van der Waals surface area contributed by atoms with Crippen LogP contribution >= 0.6 is 0 Å². The van der Waals surface area contributed by atoms with Gasteiger partial charge in [-0.3, -0.25) is 9.78 Å². The van der Waals surface area contributed by atoms with Crippen molar-refractivity contribution < 1.29 is 9.53 Å². The highest BCUT2D eigenvalue weighted by molar-refractivity contribution is 6.04. The smallest absolute Gasteiger partial charge is 0.276 e. The van der Waals surface area contributed by atoms with Gasteiger partial charge in [-0.1, -0.05) is 12.1 Å². The van der Waals surface area contributed by atoms with Gasteiger partial charge in [-0.2, -0.15) is 0 Å². The first-order chi connectivity index (χ1) is 10.3. The Labute approximate surface area is 124 Å². The van der Waals surface area contributed by atoms with Crippen LogP contribution in [0.4, 0.5) is 5.69 Å². The molecule has 5 nitrogen and oxygen atoms in total. The molecule has 5 heteroatoms. The second-order valence-electron chi connectivity index (χ2n) is 4.52. The molecule has 0 radical (unpaired) electrons. The van der Waals surface area contributed by atoms with Crippen molar-refractivity contribution in [2.24, 2.45) is 5.73 Å². The van der Waals surface area contributed by atoms with E-state index in [-0.39, 0.29) is 5.91 Å². The van der Waals surface area contributed by atoms with Crippen molar-refractivity contribution in [1.82, 2.24) is 4.98 Å². The molecule has 0 bridgehead atoms. The van der Waals surface area contributed by atoms with Crippen molar-refractivity contribution in [1.29, 1.82) is 0 Å². The van der Waals surface area contributed by atoms with Crippen LogP contribution in [0.15, 0.2) is 48.7 Å². The van der Waals surface area contributed by atoms with Gasteiger partial charge in [0.25, 0.3) is 5.91 Å². The van der Waals surface area contributed by atoms with Crippen LogP contribution in [0.1, 0.15) is 16.9 Å². The standard InChI is InChI=1S/C16H19N3O2/c1-21-14-7-4-6-13(12-14)19(11-5-9-17)16(20)15-8-2-3-10-18-15/h2-4,6-8,10,12H,5,9,11,17H2,1H3. The first kappa shape index (κ1) is 15.0. The van der Waals surface area contributed by atoms with Crippen LogP contribution < -0.4 is 15.4 Å². The number of amides is 1. The fourth-order valence-electron chi connectivity index (χ4n) is 2.00. The van der Waals surface area contributed by atoms with E-state index in [9.17, 15) is 4.79 Å². The fourth-order valence-corrected chi connectivity index (χ4v) is 2.00. The SMILES string of the molecule is COc1cccc(N(CCCN)C(=O)c2ccccn2)c1. The van der Waals surface area contributed by atoms with Crippen LogP contribution in [0.5, 0.6) is 5.75 Å². The van der Waals surface area contributed by atoms with E-state index in [0.29, 0.717) is 24.5 Å². The van der Waals surface area contributed by atoms with Crippen LogP contribution in [0, 0.1) is 0 Å². The lowest BCUT2D eigenvalue weighted by Gasteiger charge is -2.22. The van der Waals surface area contributed by atoms with Crippen molar-refractivity contribution in [3.63, 3.8) is 0 Å². The number of rotatable bonds is 6. The summed E-state index contributed by atoms with van der Waals surface area (Å²) in [6.07, 6.45) is 2.33. The zero-order valence-electron chi connectivity index (χ0n) is 12.0. The maximum Gasteiger partial charge on any atom is 0.276 e. The van der Waals surface area contributed by atoms with E-state index in [1.807, 2.05) is 24.3 Å². The number of hydrogen-bond donors (Lipinski definition) is 1. The highest BCUT2D eigenvalue weighted by atomic mass is 16.5. The Kier molecular flexibility index (Phi) is 5.29. The highest BCUT2D eigenvalue weighted by Gasteiger charge is 2.18. The van der Waals surface area contributed by atoms with Crippen LogP contribution in [-0.4, -0.2) is 31.1 Å². The Morgan fingerprint density at radius 1 is 1.29 bits per heavy atom. The van der Waals surface area contributed by atoms with Gasteiger partial charge in [0.2, 0.25) is 0 Å². The molecule has 21 heavy (non-hydrogen) atoms. The summed E-state index contributed by atoms with van der Waals surface area (Å²) in [5.74, 6) is 0.566.